The topological polar surface area (TPSA) is 20.2 Å². The minimum absolute atomic E-state index is 0.345. The van der Waals surface area contributed by atoms with Gasteiger partial charge in [0.25, 0.3) is 0 Å². The van der Waals surface area contributed by atoms with Gasteiger partial charge in [-0.15, -0.1) is 0 Å². The molecule has 0 bridgehead atoms. The Hall–Kier alpha value is -0.710. The summed E-state index contributed by atoms with van der Waals surface area (Å²) in [5.41, 5.74) is 1.67. The van der Waals surface area contributed by atoms with Gasteiger partial charge in [-0.05, 0) is 56.0 Å². The lowest BCUT2D eigenvalue weighted by atomic mass is 10.0. The molecule has 0 fully saturated rings. The van der Waals surface area contributed by atoms with Crippen molar-refractivity contribution in [3.05, 3.63) is 56.4 Å². The zero-order valence-electron chi connectivity index (χ0n) is 8.36. The van der Waals surface area contributed by atoms with Crippen LogP contribution < -0.4 is 0 Å². The summed E-state index contributed by atoms with van der Waals surface area (Å²) in [5.74, 6) is -0.345. The smallest absolute Gasteiger partial charge is 0.137 e. The average molecular weight is 301 g/mol. The highest BCUT2D eigenvalue weighted by molar-refractivity contribution is 9.10. The Labute approximate surface area is 106 Å². The highest BCUT2D eigenvalue weighted by Gasteiger charge is 2.10. The maximum absolute atomic E-state index is 13.3. The van der Waals surface area contributed by atoms with Gasteiger partial charge in [-0.3, -0.25) is 0 Å². The normalized spacial score (nSPS) is 12.7. The standard InChI is InChI=1S/C12H10BrFOS/c13-10-2-1-9(6-11(10)14)12(15)5-8-3-4-16-7-8/h1-4,6-7,12,15H,5H2. The minimum Gasteiger partial charge on any atom is -0.388 e. The molecule has 1 heterocycles. The number of rotatable bonds is 3. The van der Waals surface area contributed by atoms with E-state index in [-0.39, 0.29) is 5.82 Å². The second kappa shape index (κ2) is 5.08. The van der Waals surface area contributed by atoms with E-state index < -0.39 is 6.10 Å². The Morgan fingerprint density at radius 1 is 1.38 bits per heavy atom. The Morgan fingerprint density at radius 2 is 2.19 bits per heavy atom. The molecular weight excluding hydrogens is 291 g/mol. The van der Waals surface area contributed by atoms with E-state index in [1.165, 1.54) is 6.07 Å². The number of aliphatic hydroxyl groups excluding tert-OH is 1. The van der Waals surface area contributed by atoms with Crippen molar-refractivity contribution in [1.82, 2.24) is 0 Å². The monoisotopic (exact) mass is 300 g/mol. The van der Waals surface area contributed by atoms with Gasteiger partial charge < -0.3 is 5.11 Å². The summed E-state index contributed by atoms with van der Waals surface area (Å²) in [7, 11) is 0. The summed E-state index contributed by atoms with van der Waals surface area (Å²) >= 11 is 4.67. The third-order valence-corrected chi connectivity index (χ3v) is 3.71. The van der Waals surface area contributed by atoms with E-state index in [1.807, 2.05) is 16.8 Å². The minimum atomic E-state index is -0.655. The molecule has 84 valence electrons. The molecule has 0 amide bonds. The molecule has 4 heteroatoms. The second-order valence-corrected chi connectivity index (χ2v) is 5.16. The van der Waals surface area contributed by atoms with Gasteiger partial charge in [-0.25, -0.2) is 4.39 Å². The third kappa shape index (κ3) is 2.70. The number of thiophene rings is 1. The van der Waals surface area contributed by atoms with Gasteiger partial charge in [0.1, 0.15) is 5.82 Å². The van der Waals surface area contributed by atoms with E-state index in [0.29, 0.717) is 16.5 Å². The Kier molecular flexibility index (Phi) is 3.74. The molecule has 2 aromatic rings. The molecule has 1 nitrogen and oxygen atoms in total. The molecule has 0 aliphatic heterocycles. The van der Waals surface area contributed by atoms with Crippen LogP contribution >= 0.6 is 27.3 Å². The van der Waals surface area contributed by atoms with Crippen molar-refractivity contribution < 1.29 is 9.50 Å². The molecule has 0 aliphatic carbocycles. The van der Waals surface area contributed by atoms with E-state index in [1.54, 1.807) is 23.5 Å². The molecule has 2 rings (SSSR count). The molecule has 1 aromatic heterocycles. The molecule has 0 aliphatic rings. The molecule has 0 saturated heterocycles. The Balaban J connectivity index is 2.14. The zero-order valence-corrected chi connectivity index (χ0v) is 10.8. The molecule has 1 aromatic carbocycles. The maximum atomic E-state index is 13.3. The maximum Gasteiger partial charge on any atom is 0.137 e. The number of benzene rings is 1. The lowest BCUT2D eigenvalue weighted by molar-refractivity contribution is 0.178. The first-order valence-electron chi connectivity index (χ1n) is 4.81. The third-order valence-electron chi connectivity index (χ3n) is 2.34. The highest BCUT2D eigenvalue weighted by atomic mass is 79.9. The first kappa shape index (κ1) is 11.8. The number of aliphatic hydroxyl groups is 1. The first-order valence-corrected chi connectivity index (χ1v) is 6.54. The van der Waals surface area contributed by atoms with Crippen molar-refractivity contribution in [3.8, 4) is 0 Å². The summed E-state index contributed by atoms with van der Waals surface area (Å²) in [5, 5.41) is 13.9. The van der Waals surface area contributed by atoms with Crippen LogP contribution in [0.4, 0.5) is 4.39 Å². The summed E-state index contributed by atoms with van der Waals surface area (Å²) < 4.78 is 13.7. The van der Waals surface area contributed by atoms with E-state index >= 15 is 0 Å². The lowest BCUT2D eigenvalue weighted by Crippen LogP contribution is -2.01. The molecule has 1 unspecified atom stereocenters. The number of hydrogen-bond acceptors (Lipinski definition) is 2. The van der Waals surface area contributed by atoms with Crippen LogP contribution in [0.2, 0.25) is 0 Å². The van der Waals surface area contributed by atoms with Gasteiger partial charge >= 0.3 is 0 Å². The molecule has 16 heavy (non-hydrogen) atoms. The summed E-state index contributed by atoms with van der Waals surface area (Å²) in [6, 6.07) is 6.66. The van der Waals surface area contributed by atoms with Crippen LogP contribution in [-0.4, -0.2) is 5.11 Å². The zero-order chi connectivity index (χ0) is 11.5. The molecule has 1 atom stereocenters. The van der Waals surface area contributed by atoms with Crippen molar-refractivity contribution in [1.29, 1.82) is 0 Å². The van der Waals surface area contributed by atoms with Crippen molar-refractivity contribution in [2.45, 2.75) is 12.5 Å². The fourth-order valence-corrected chi connectivity index (χ4v) is 2.40. The summed E-state index contributed by atoms with van der Waals surface area (Å²) in [6.45, 7) is 0. The van der Waals surface area contributed by atoms with Gasteiger partial charge in [0, 0.05) is 6.42 Å². The van der Waals surface area contributed by atoms with Gasteiger partial charge in [0.2, 0.25) is 0 Å². The average Bonchev–Trinajstić information content (AvgIpc) is 2.74. The van der Waals surface area contributed by atoms with Crippen LogP contribution in [0.5, 0.6) is 0 Å². The SMILES string of the molecule is OC(Cc1ccsc1)c1ccc(Br)c(F)c1. The fraction of sp³-hybridized carbons (Fsp3) is 0.167. The first-order chi connectivity index (χ1) is 7.66. The van der Waals surface area contributed by atoms with E-state index in [4.69, 9.17) is 0 Å². The van der Waals surface area contributed by atoms with Crippen LogP contribution in [0.25, 0.3) is 0 Å². The van der Waals surface area contributed by atoms with Gasteiger partial charge in [-0.1, -0.05) is 6.07 Å². The van der Waals surface area contributed by atoms with E-state index in [0.717, 1.165) is 5.56 Å². The van der Waals surface area contributed by atoms with Crippen LogP contribution in [0.15, 0.2) is 39.5 Å². The van der Waals surface area contributed by atoms with Crippen molar-refractivity contribution in [2.75, 3.05) is 0 Å². The quantitative estimate of drug-likeness (QED) is 0.911. The molecule has 0 radical (unpaired) electrons. The summed E-state index contributed by atoms with van der Waals surface area (Å²) in [4.78, 5) is 0. The van der Waals surface area contributed by atoms with Crippen LogP contribution in [0, 0.1) is 5.82 Å². The predicted molar refractivity (Wildman–Crippen MR) is 67.1 cm³/mol. The van der Waals surface area contributed by atoms with Gasteiger partial charge in [0.05, 0.1) is 10.6 Å². The molecule has 0 spiro atoms. The molecule has 1 N–H and O–H groups in total. The lowest BCUT2D eigenvalue weighted by Gasteiger charge is -2.10. The molecule has 0 saturated carbocycles. The number of hydrogen-bond donors (Lipinski definition) is 1. The number of halogens is 2. The van der Waals surface area contributed by atoms with Crippen molar-refractivity contribution in [3.63, 3.8) is 0 Å². The van der Waals surface area contributed by atoms with Gasteiger partial charge in [0.15, 0.2) is 0 Å². The van der Waals surface area contributed by atoms with Crippen molar-refractivity contribution in [2.24, 2.45) is 0 Å². The molecular formula is C12H10BrFOS. The largest absolute Gasteiger partial charge is 0.388 e. The van der Waals surface area contributed by atoms with E-state index in [9.17, 15) is 9.50 Å². The van der Waals surface area contributed by atoms with Crippen LogP contribution in [0.3, 0.4) is 0 Å². The second-order valence-electron chi connectivity index (χ2n) is 3.53. The summed E-state index contributed by atoms with van der Waals surface area (Å²) in [6.07, 6.45) is -0.137. The van der Waals surface area contributed by atoms with Gasteiger partial charge in [-0.2, -0.15) is 11.3 Å². The predicted octanol–water partition coefficient (Wildman–Crippen LogP) is 3.93. The highest BCUT2D eigenvalue weighted by Crippen LogP contribution is 2.23. The Bertz CT molecular complexity index is 470. The van der Waals surface area contributed by atoms with Crippen LogP contribution in [0.1, 0.15) is 17.2 Å². The fourth-order valence-electron chi connectivity index (χ4n) is 1.47. The Morgan fingerprint density at radius 3 is 2.81 bits per heavy atom. The van der Waals surface area contributed by atoms with Crippen LogP contribution in [-0.2, 0) is 6.42 Å². The van der Waals surface area contributed by atoms with E-state index in [2.05, 4.69) is 15.9 Å². The van der Waals surface area contributed by atoms with Crippen molar-refractivity contribution >= 4 is 27.3 Å².